The van der Waals surface area contributed by atoms with Crippen LogP contribution in [-0.2, 0) is 9.59 Å². The summed E-state index contributed by atoms with van der Waals surface area (Å²) in [5.41, 5.74) is -4.53. The van der Waals surface area contributed by atoms with E-state index in [1.54, 1.807) is 6.92 Å². The van der Waals surface area contributed by atoms with Crippen molar-refractivity contribution in [2.75, 3.05) is 6.54 Å². The van der Waals surface area contributed by atoms with E-state index < -0.39 is 46.4 Å². The second-order valence-electron chi connectivity index (χ2n) is 5.58. The molecule has 1 N–H and O–H groups in total. The van der Waals surface area contributed by atoms with E-state index in [0.29, 0.717) is 11.3 Å². The van der Waals surface area contributed by atoms with Gasteiger partial charge in [0.2, 0.25) is 5.88 Å². The number of halogens is 3. The highest BCUT2D eigenvalue weighted by Gasteiger charge is 2.43. The van der Waals surface area contributed by atoms with Crippen molar-refractivity contribution in [3.8, 4) is 5.88 Å². The van der Waals surface area contributed by atoms with Crippen molar-refractivity contribution in [1.29, 1.82) is 0 Å². The average Bonchev–Trinajstić information content (AvgIpc) is 2.65. The lowest BCUT2D eigenvalue weighted by atomic mass is 10.1. The summed E-state index contributed by atoms with van der Waals surface area (Å²) in [5, 5.41) is 9.86. The van der Waals surface area contributed by atoms with Gasteiger partial charge in [0.25, 0.3) is 5.91 Å². The van der Waals surface area contributed by atoms with Crippen molar-refractivity contribution in [1.82, 2.24) is 17.5 Å². The number of hydrogen-bond acceptors (Lipinski definition) is 7. The molecule has 1 aliphatic rings. The second-order valence-corrected chi connectivity index (χ2v) is 6.59. The maximum atomic E-state index is 12.6. The maximum absolute atomic E-state index is 12.6. The molecular formula is C13H12Cl3N5O6. The van der Waals surface area contributed by atoms with Gasteiger partial charge in [-0.1, -0.05) is 20.3 Å². The zero-order valence-corrected chi connectivity index (χ0v) is 16.1. The van der Waals surface area contributed by atoms with E-state index in [1.807, 2.05) is 6.92 Å². The minimum absolute atomic E-state index is 0.00949. The second kappa shape index (κ2) is 7.71. The van der Waals surface area contributed by atoms with E-state index in [1.165, 1.54) is 0 Å². The molecule has 11 nitrogen and oxygen atoms in total. The third-order valence-electron chi connectivity index (χ3n) is 3.76. The molecule has 146 valence electrons. The first-order chi connectivity index (χ1) is 12.5. The Balaban J connectivity index is 2.65. The topological polar surface area (TPSA) is 134 Å². The van der Waals surface area contributed by atoms with Gasteiger partial charge in [-0.3, -0.25) is 19.3 Å². The molecule has 0 saturated carbocycles. The summed E-state index contributed by atoms with van der Waals surface area (Å²) in [6.07, 6.45) is 0.620. The molecular weight excluding hydrogens is 429 g/mol. The number of carbonyl (C=O) groups excluding carboxylic acids is 3. The van der Waals surface area contributed by atoms with Gasteiger partial charge in [0.1, 0.15) is 0 Å². The fraction of sp³-hybridized carbons (Fsp3) is 0.385. The maximum Gasteiger partial charge on any atom is 0.364 e. The molecule has 1 fully saturated rings. The van der Waals surface area contributed by atoms with Crippen LogP contribution in [0.4, 0.5) is 10.5 Å². The van der Waals surface area contributed by atoms with Crippen molar-refractivity contribution in [2.24, 2.45) is 10.9 Å². The van der Waals surface area contributed by atoms with E-state index >= 15 is 0 Å². The standard InChI is InChI=1S/C13H12Cl3N5O6/c1-3-5(2)4-18-8(22)6(9(23)19(14)12(18)26)17-7-10(24)20(15)13(27)21(16)11(7)25/h5,24H,3-4H2,1-2H3. The third-order valence-corrected chi connectivity index (χ3v) is 4.66. The van der Waals surface area contributed by atoms with Crippen LogP contribution in [0.1, 0.15) is 20.3 Å². The Bertz CT molecular complexity index is 984. The summed E-state index contributed by atoms with van der Waals surface area (Å²) in [6.45, 7) is 3.52. The Morgan fingerprint density at radius 3 is 2.19 bits per heavy atom. The van der Waals surface area contributed by atoms with Gasteiger partial charge in [-0.2, -0.15) is 12.6 Å². The number of nitrogens with zero attached hydrogens (tertiary/aromatic N) is 5. The molecule has 0 spiro atoms. The number of rotatable bonds is 4. The van der Waals surface area contributed by atoms with Crippen LogP contribution in [0.25, 0.3) is 0 Å². The molecule has 0 aromatic carbocycles. The molecule has 1 saturated heterocycles. The Morgan fingerprint density at radius 1 is 1.04 bits per heavy atom. The highest BCUT2D eigenvalue weighted by atomic mass is 35.5. The van der Waals surface area contributed by atoms with E-state index in [2.05, 4.69) is 4.99 Å². The highest BCUT2D eigenvalue weighted by Crippen LogP contribution is 2.24. The predicted octanol–water partition coefficient (Wildman–Crippen LogP) is 0.783. The molecule has 27 heavy (non-hydrogen) atoms. The number of barbiturate groups is 1. The Labute approximate surface area is 166 Å². The van der Waals surface area contributed by atoms with Gasteiger partial charge in [0, 0.05) is 41.9 Å². The number of amides is 4. The van der Waals surface area contributed by atoms with Crippen LogP contribution in [0, 0.1) is 5.92 Å². The number of carbonyl (C=O) groups is 3. The number of imide groups is 2. The zero-order valence-electron chi connectivity index (χ0n) is 13.8. The number of hydrogen-bond donors (Lipinski definition) is 1. The molecule has 0 bridgehead atoms. The van der Waals surface area contributed by atoms with Crippen molar-refractivity contribution in [3.05, 3.63) is 20.8 Å². The first-order valence-corrected chi connectivity index (χ1v) is 8.42. The lowest BCUT2D eigenvalue weighted by Gasteiger charge is -2.30. The van der Waals surface area contributed by atoms with Gasteiger partial charge in [0.15, 0.2) is 11.4 Å². The van der Waals surface area contributed by atoms with Gasteiger partial charge < -0.3 is 5.11 Å². The number of urea groups is 1. The molecule has 4 amide bonds. The molecule has 0 aliphatic carbocycles. The van der Waals surface area contributed by atoms with Crippen LogP contribution in [0.15, 0.2) is 14.6 Å². The molecule has 1 aromatic rings. The molecule has 2 rings (SSSR count). The lowest BCUT2D eigenvalue weighted by molar-refractivity contribution is -0.128. The predicted molar refractivity (Wildman–Crippen MR) is 95.5 cm³/mol. The van der Waals surface area contributed by atoms with Crippen LogP contribution in [0.5, 0.6) is 5.88 Å². The Morgan fingerprint density at radius 2 is 1.63 bits per heavy atom. The van der Waals surface area contributed by atoms with Crippen LogP contribution < -0.4 is 11.2 Å². The molecule has 1 unspecified atom stereocenters. The van der Waals surface area contributed by atoms with Gasteiger partial charge in [-0.05, 0) is 5.92 Å². The minimum atomic E-state index is -1.34. The largest absolute Gasteiger partial charge is 0.492 e. The Hall–Kier alpha value is -2.37. The first kappa shape index (κ1) is 20.9. The van der Waals surface area contributed by atoms with Crippen molar-refractivity contribution < 1.29 is 19.5 Å². The molecule has 1 aliphatic heterocycles. The normalized spacial score (nSPS) is 17.8. The summed E-state index contributed by atoms with van der Waals surface area (Å²) in [7, 11) is 0. The number of aliphatic imine (C=N–C) groups is 1. The number of aromatic nitrogens is 2. The summed E-state index contributed by atoms with van der Waals surface area (Å²) in [4.78, 5) is 64.6. The minimum Gasteiger partial charge on any atom is -0.492 e. The summed E-state index contributed by atoms with van der Waals surface area (Å²) < 4.78 is 0.173. The van der Waals surface area contributed by atoms with E-state index in [9.17, 15) is 29.1 Å². The Kier molecular flexibility index (Phi) is 5.97. The van der Waals surface area contributed by atoms with Crippen molar-refractivity contribution in [2.45, 2.75) is 20.3 Å². The fourth-order valence-corrected chi connectivity index (χ4v) is 2.56. The average molecular weight is 441 g/mol. The van der Waals surface area contributed by atoms with E-state index in [4.69, 9.17) is 35.3 Å². The number of aromatic hydroxyl groups is 1. The molecule has 0 radical (unpaired) electrons. The van der Waals surface area contributed by atoms with Crippen LogP contribution in [0.2, 0.25) is 0 Å². The van der Waals surface area contributed by atoms with Gasteiger partial charge in [0.05, 0.1) is 0 Å². The molecule has 1 atom stereocenters. The molecule has 1 aromatic heterocycles. The SMILES string of the molecule is CCC(C)CN1C(=O)C(=Nc2c(O)n(Cl)c(=O)n(Cl)c2=O)C(=O)N(Cl)C1=O. The van der Waals surface area contributed by atoms with Crippen LogP contribution in [-0.4, -0.2) is 52.7 Å². The third kappa shape index (κ3) is 3.57. The summed E-state index contributed by atoms with van der Waals surface area (Å²) >= 11 is 16.6. The smallest absolute Gasteiger partial charge is 0.364 e. The fourth-order valence-electron chi connectivity index (χ4n) is 2.04. The summed E-state index contributed by atoms with van der Waals surface area (Å²) in [5.74, 6) is -3.72. The van der Waals surface area contributed by atoms with Gasteiger partial charge in [-0.15, -0.1) is 0 Å². The lowest BCUT2D eigenvalue weighted by Crippen LogP contribution is -2.58. The molecule has 14 heteroatoms. The first-order valence-electron chi connectivity index (χ1n) is 7.40. The van der Waals surface area contributed by atoms with Crippen LogP contribution in [0.3, 0.4) is 0 Å². The van der Waals surface area contributed by atoms with Gasteiger partial charge in [-0.25, -0.2) is 14.6 Å². The zero-order chi connectivity index (χ0) is 20.6. The quantitative estimate of drug-likeness (QED) is 0.688. The van der Waals surface area contributed by atoms with Gasteiger partial charge >= 0.3 is 23.2 Å². The van der Waals surface area contributed by atoms with Crippen molar-refractivity contribution >= 4 is 64.6 Å². The van der Waals surface area contributed by atoms with Crippen molar-refractivity contribution in [3.63, 3.8) is 0 Å². The summed E-state index contributed by atoms with van der Waals surface area (Å²) in [6, 6.07) is -1.08. The van der Waals surface area contributed by atoms with E-state index in [-0.39, 0.29) is 25.1 Å². The van der Waals surface area contributed by atoms with E-state index in [0.717, 1.165) is 0 Å². The monoisotopic (exact) mass is 439 g/mol. The highest BCUT2D eigenvalue weighted by molar-refractivity contribution is 6.71. The molecule has 2 heterocycles. The van der Waals surface area contributed by atoms with Crippen LogP contribution >= 0.6 is 35.3 Å².